The molecular formula is C42H83NO6. The number of unbranched alkanes of at least 4 members (excludes halogenated alkanes) is 21. The Morgan fingerprint density at radius 3 is 1.39 bits per heavy atom. The van der Waals surface area contributed by atoms with Crippen molar-refractivity contribution in [1.29, 1.82) is 0 Å². The Kier molecular flexibility index (Phi) is 38.4. The highest BCUT2D eigenvalue weighted by molar-refractivity contribution is 5.69. The van der Waals surface area contributed by atoms with Gasteiger partial charge in [0.05, 0.1) is 26.4 Å². The second kappa shape index (κ2) is 39.4. The molecule has 0 saturated heterocycles. The van der Waals surface area contributed by atoms with E-state index >= 15 is 0 Å². The fraction of sp³-hybridized carbons (Fsp3) is 0.952. The summed E-state index contributed by atoms with van der Waals surface area (Å²) in [6.45, 7) is 11.2. The van der Waals surface area contributed by atoms with E-state index in [9.17, 15) is 14.7 Å². The number of aliphatic hydroxyl groups excluding tert-OH is 1. The molecule has 0 fully saturated rings. The standard InChI is InChI=1S/C42H83NO6/c1-4-7-10-13-15-21-28-37-47-42(46)48-38-29-22-20-27-34-43(35-36-44)33-26-19-16-18-25-32-41(45)49-39-40(30-23-12-9-6-3)31-24-17-14-11-8-5-2/h40,44H,4-39H2,1-3H3. The van der Waals surface area contributed by atoms with Crippen molar-refractivity contribution in [2.45, 2.75) is 207 Å². The number of hydrogen-bond donors (Lipinski definition) is 1. The zero-order chi connectivity index (χ0) is 35.9. The molecule has 7 nitrogen and oxygen atoms in total. The average molecular weight is 698 g/mol. The van der Waals surface area contributed by atoms with Gasteiger partial charge < -0.3 is 24.2 Å². The minimum atomic E-state index is -0.532. The van der Waals surface area contributed by atoms with Crippen molar-refractivity contribution >= 4 is 12.1 Å². The smallest absolute Gasteiger partial charge is 0.465 e. The Hall–Kier alpha value is -1.34. The molecule has 7 heteroatoms. The molecule has 0 saturated carbocycles. The Balaban J connectivity index is 3.85. The number of carbonyl (C=O) groups excluding carboxylic acids is 2. The maximum Gasteiger partial charge on any atom is 0.508 e. The predicted molar refractivity (Wildman–Crippen MR) is 206 cm³/mol. The van der Waals surface area contributed by atoms with Crippen molar-refractivity contribution in [3.05, 3.63) is 0 Å². The molecule has 0 radical (unpaired) electrons. The SMILES string of the molecule is CCCCCCCCCOC(=O)OCCCCCCN(CCO)CCCCCCCC(=O)OCC(CCCCCC)CCCCCCCC. The molecule has 0 aliphatic rings. The lowest BCUT2D eigenvalue weighted by Gasteiger charge is -2.21. The summed E-state index contributed by atoms with van der Waals surface area (Å²) in [5.41, 5.74) is 0. The van der Waals surface area contributed by atoms with Gasteiger partial charge in [0.15, 0.2) is 0 Å². The first-order valence-electron chi connectivity index (χ1n) is 21.4. The summed E-state index contributed by atoms with van der Waals surface area (Å²) in [6, 6.07) is 0. The largest absolute Gasteiger partial charge is 0.508 e. The quantitative estimate of drug-likeness (QED) is 0.0505. The van der Waals surface area contributed by atoms with Gasteiger partial charge in [-0.3, -0.25) is 4.79 Å². The van der Waals surface area contributed by atoms with E-state index in [1.165, 1.54) is 109 Å². The molecule has 0 aliphatic heterocycles. The molecule has 49 heavy (non-hydrogen) atoms. The van der Waals surface area contributed by atoms with Crippen LogP contribution < -0.4 is 0 Å². The zero-order valence-corrected chi connectivity index (χ0v) is 33.0. The van der Waals surface area contributed by atoms with E-state index in [-0.39, 0.29) is 12.6 Å². The molecule has 292 valence electrons. The number of esters is 1. The number of rotatable bonds is 39. The highest BCUT2D eigenvalue weighted by atomic mass is 16.7. The minimum Gasteiger partial charge on any atom is -0.465 e. The van der Waals surface area contributed by atoms with E-state index in [0.29, 0.717) is 32.2 Å². The van der Waals surface area contributed by atoms with E-state index in [4.69, 9.17) is 14.2 Å². The van der Waals surface area contributed by atoms with Gasteiger partial charge in [0.25, 0.3) is 0 Å². The second-order valence-electron chi connectivity index (χ2n) is 14.5. The monoisotopic (exact) mass is 698 g/mol. The van der Waals surface area contributed by atoms with E-state index in [0.717, 1.165) is 90.3 Å². The summed E-state index contributed by atoms with van der Waals surface area (Å²) in [5.74, 6) is 0.517. The van der Waals surface area contributed by atoms with Crippen LogP contribution in [0.3, 0.4) is 0 Å². The molecule has 0 heterocycles. The molecule has 0 bridgehead atoms. The molecule has 0 spiro atoms. The van der Waals surface area contributed by atoms with Crippen LogP contribution in [0, 0.1) is 5.92 Å². The number of hydrogen-bond acceptors (Lipinski definition) is 7. The third-order valence-corrected chi connectivity index (χ3v) is 9.74. The number of carbonyl (C=O) groups is 2. The minimum absolute atomic E-state index is 0.0130. The first-order chi connectivity index (χ1) is 24.1. The average Bonchev–Trinajstić information content (AvgIpc) is 3.10. The summed E-state index contributed by atoms with van der Waals surface area (Å²) in [4.78, 5) is 26.5. The van der Waals surface area contributed by atoms with E-state index in [2.05, 4.69) is 25.7 Å². The maximum absolute atomic E-state index is 12.4. The molecule has 1 N–H and O–H groups in total. The van der Waals surface area contributed by atoms with Crippen LogP contribution in [-0.2, 0) is 19.0 Å². The molecule has 0 amide bonds. The molecule has 1 unspecified atom stereocenters. The lowest BCUT2D eigenvalue weighted by Crippen LogP contribution is -2.29. The van der Waals surface area contributed by atoms with Crippen LogP contribution in [0.4, 0.5) is 4.79 Å². The van der Waals surface area contributed by atoms with Crippen molar-refractivity contribution in [3.8, 4) is 0 Å². The number of nitrogens with zero attached hydrogens (tertiary/aromatic N) is 1. The Bertz CT molecular complexity index is 690. The third-order valence-electron chi connectivity index (χ3n) is 9.74. The van der Waals surface area contributed by atoms with Crippen molar-refractivity contribution < 1.29 is 28.9 Å². The van der Waals surface area contributed by atoms with Crippen LogP contribution in [0.15, 0.2) is 0 Å². The zero-order valence-electron chi connectivity index (χ0n) is 33.0. The Labute approximate surface area is 304 Å². The summed E-state index contributed by atoms with van der Waals surface area (Å²) >= 11 is 0. The molecular weight excluding hydrogens is 614 g/mol. The molecule has 0 aliphatic carbocycles. The Morgan fingerprint density at radius 2 is 0.898 bits per heavy atom. The lowest BCUT2D eigenvalue weighted by molar-refractivity contribution is -0.145. The highest BCUT2D eigenvalue weighted by Crippen LogP contribution is 2.20. The van der Waals surface area contributed by atoms with Gasteiger partial charge >= 0.3 is 12.1 Å². The van der Waals surface area contributed by atoms with Crippen LogP contribution in [0.25, 0.3) is 0 Å². The van der Waals surface area contributed by atoms with Gasteiger partial charge in [0.2, 0.25) is 0 Å². The van der Waals surface area contributed by atoms with Crippen molar-refractivity contribution in [2.24, 2.45) is 5.92 Å². The first-order valence-corrected chi connectivity index (χ1v) is 21.4. The highest BCUT2D eigenvalue weighted by Gasteiger charge is 2.12. The van der Waals surface area contributed by atoms with Gasteiger partial charge in [-0.1, -0.05) is 156 Å². The van der Waals surface area contributed by atoms with Gasteiger partial charge in [0.1, 0.15) is 0 Å². The predicted octanol–water partition coefficient (Wildman–Crippen LogP) is 12.0. The maximum atomic E-state index is 12.4. The first kappa shape index (κ1) is 47.7. The summed E-state index contributed by atoms with van der Waals surface area (Å²) < 4.78 is 16.1. The van der Waals surface area contributed by atoms with Crippen molar-refractivity contribution in [3.63, 3.8) is 0 Å². The van der Waals surface area contributed by atoms with Crippen molar-refractivity contribution in [2.75, 3.05) is 46.1 Å². The molecule has 0 aromatic rings. The van der Waals surface area contributed by atoms with Crippen LogP contribution >= 0.6 is 0 Å². The van der Waals surface area contributed by atoms with Gasteiger partial charge in [-0.15, -0.1) is 0 Å². The number of ether oxygens (including phenoxy) is 3. The number of aliphatic hydroxyl groups is 1. The van der Waals surface area contributed by atoms with Crippen LogP contribution in [0.5, 0.6) is 0 Å². The van der Waals surface area contributed by atoms with Crippen LogP contribution in [-0.4, -0.2) is 68.2 Å². The molecule has 0 rings (SSSR count). The molecule has 0 aromatic heterocycles. The van der Waals surface area contributed by atoms with Gasteiger partial charge in [-0.25, -0.2) is 4.79 Å². The second-order valence-corrected chi connectivity index (χ2v) is 14.5. The fourth-order valence-corrected chi connectivity index (χ4v) is 6.48. The topological polar surface area (TPSA) is 85.3 Å². The van der Waals surface area contributed by atoms with E-state index in [1.807, 2.05) is 0 Å². The molecule has 1 atom stereocenters. The fourth-order valence-electron chi connectivity index (χ4n) is 6.48. The van der Waals surface area contributed by atoms with Gasteiger partial charge in [-0.2, -0.15) is 0 Å². The normalized spacial score (nSPS) is 12.0. The van der Waals surface area contributed by atoms with E-state index < -0.39 is 6.16 Å². The summed E-state index contributed by atoms with van der Waals surface area (Å²) in [6.07, 6.45) is 33.3. The van der Waals surface area contributed by atoms with Crippen LogP contribution in [0.2, 0.25) is 0 Å². The molecule has 0 aromatic carbocycles. The Morgan fingerprint density at radius 1 is 0.490 bits per heavy atom. The third kappa shape index (κ3) is 36.3. The van der Waals surface area contributed by atoms with Gasteiger partial charge in [-0.05, 0) is 64.0 Å². The summed E-state index contributed by atoms with van der Waals surface area (Å²) in [7, 11) is 0. The van der Waals surface area contributed by atoms with Gasteiger partial charge in [0, 0.05) is 13.0 Å². The van der Waals surface area contributed by atoms with E-state index in [1.54, 1.807) is 0 Å². The summed E-state index contributed by atoms with van der Waals surface area (Å²) in [5, 5.41) is 9.50. The van der Waals surface area contributed by atoms with Crippen molar-refractivity contribution in [1.82, 2.24) is 4.90 Å². The lowest BCUT2D eigenvalue weighted by atomic mass is 9.95. The van der Waals surface area contributed by atoms with Crippen LogP contribution in [0.1, 0.15) is 207 Å².